The van der Waals surface area contributed by atoms with Crippen LogP contribution in [0, 0.1) is 6.92 Å². The molecule has 6 nitrogen and oxygen atoms in total. The molecule has 0 unspecified atom stereocenters. The van der Waals surface area contributed by atoms with Gasteiger partial charge in [0, 0.05) is 10.0 Å². The van der Waals surface area contributed by atoms with Gasteiger partial charge in [0.15, 0.2) is 5.76 Å². The predicted molar refractivity (Wildman–Crippen MR) is 101 cm³/mol. The van der Waals surface area contributed by atoms with E-state index in [0.717, 1.165) is 5.56 Å². The average molecular weight is 412 g/mol. The molecule has 0 bridgehead atoms. The molecule has 0 saturated heterocycles. The van der Waals surface area contributed by atoms with Gasteiger partial charge in [0.1, 0.15) is 5.15 Å². The number of aromatic nitrogens is 2. The molecule has 1 amide bonds. The summed E-state index contributed by atoms with van der Waals surface area (Å²) in [5.41, 5.74) is 4.45. The molecule has 0 saturated carbocycles. The van der Waals surface area contributed by atoms with Gasteiger partial charge in [0.25, 0.3) is 0 Å². The molecule has 9 heteroatoms. The number of furan rings is 1. The normalized spacial score (nSPS) is 11.2. The predicted octanol–water partition coefficient (Wildman–Crippen LogP) is 4.56. The molecule has 1 aromatic carbocycles. The molecule has 0 fully saturated rings. The van der Waals surface area contributed by atoms with Gasteiger partial charge in [0.2, 0.25) is 0 Å². The molecule has 0 atom stereocenters. The van der Waals surface area contributed by atoms with Gasteiger partial charge in [-0.25, -0.2) is 10.1 Å². The molecule has 1 N–H and O–H groups in total. The number of benzene rings is 1. The number of carbonyl (C=O) groups is 1. The molecule has 3 rings (SSSR count). The number of hydrazone groups is 1. The van der Waals surface area contributed by atoms with Gasteiger partial charge >= 0.3 is 5.91 Å². The zero-order valence-electron chi connectivity index (χ0n) is 13.5. The third-order valence-electron chi connectivity index (χ3n) is 3.55. The number of hydrogen-bond acceptors (Lipinski definition) is 4. The summed E-state index contributed by atoms with van der Waals surface area (Å²) in [7, 11) is 0. The number of rotatable bonds is 5. The second kappa shape index (κ2) is 7.95. The number of nitrogens with zero attached hydrogens (tertiary/aromatic N) is 3. The van der Waals surface area contributed by atoms with Gasteiger partial charge in [0.05, 0.1) is 30.3 Å². The van der Waals surface area contributed by atoms with Crippen LogP contribution in [0.4, 0.5) is 0 Å². The Morgan fingerprint density at radius 2 is 2.15 bits per heavy atom. The van der Waals surface area contributed by atoms with Crippen LogP contribution in [0.15, 0.2) is 46.1 Å². The van der Waals surface area contributed by atoms with Crippen molar-refractivity contribution in [1.82, 2.24) is 15.2 Å². The average Bonchev–Trinajstić information content (AvgIpc) is 3.21. The SMILES string of the molecule is Cc1nn(Cc2ccc(Cl)cc2Cl)c(Cl)c1/C=N\NC(=O)c1ccco1. The van der Waals surface area contributed by atoms with Crippen LogP contribution < -0.4 is 5.43 Å². The van der Waals surface area contributed by atoms with Gasteiger partial charge in [-0.05, 0) is 36.8 Å². The lowest BCUT2D eigenvalue weighted by atomic mass is 10.2. The van der Waals surface area contributed by atoms with E-state index in [1.54, 1.807) is 29.8 Å². The summed E-state index contributed by atoms with van der Waals surface area (Å²) in [5, 5.41) is 9.76. The van der Waals surface area contributed by atoms with Crippen LogP contribution in [0.5, 0.6) is 0 Å². The maximum absolute atomic E-state index is 11.8. The summed E-state index contributed by atoms with van der Waals surface area (Å²) in [6.45, 7) is 2.17. The summed E-state index contributed by atoms with van der Waals surface area (Å²) in [6, 6.07) is 8.38. The molecular weight excluding hydrogens is 399 g/mol. The van der Waals surface area contributed by atoms with Crippen molar-refractivity contribution in [3.63, 3.8) is 0 Å². The summed E-state index contributed by atoms with van der Waals surface area (Å²) in [6.07, 6.45) is 2.84. The van der Waals surface area contributed by atoms with E-state index in [0.29, 0.717) is 33.0 Å². The topological polar surface area (TPSA) is 72.4 Å². The Morgan fingerprint density at radius 1 is 1.35 bits per heavy atom. The van der Waals surface area contributed by atoms with E-state index in [2.05, 4.69) is 15.6 Å². The molecule has 0 aliphatic rings. The summed E-state index contributed by atoms with van der Waals surface area (Å²) in [5.74, 6) is -0.293. The molecule has 2 heterocycles. The van der Waals surface area contributed by atoms with Gasteiger partial charge in [-0.15, -0.1) is 0 Å². The van der Waals surface area contributed by atoms with Crippen molar-refractivity contribution in [2.75, 3.05) is 0 Å². The van der Waals surface area contributed by atoms with Crippen molar-refractivity contribution >= 4 is 46.9 Å². The van der Waals surface area contributed by atoms with E-state index >= 15 is 0 Å². The van der Waals surface area contributed by atoms with E-state index in [1.807, 2.05) is 6.07 Å². The Bertz CT molecular complexity index is 965. The van der Waals surface area contributed by atoms with Crippen LogP contribution >= 0.6 is 34.8 Å². The summed E-state index contributed by atoms with van der Waals surface area (Å²) in [4.78, 5) is 11.8. The standard InChI is InChI=1S/C17H13Cl3N4O2/c1-10-13(8-21-22-17(25)15-3-2-6-26-15)16(20)24(23-10)9-11-4-5-12(18)7-14(11)19/h2-8H,9H2,1H3,(H,22,25)/b21-8-. The van der Waals surface area contributed by atoms with Crippen LogP contribution in [0.3, 0.4) is 0 Å². The second-order valence-corrected chi connectivity index (χ2v) is 6.56. The molecule has 3 aromatic rings. The number of amides is 1. The minimum Gasteiger partial charge on any atom is -0.459 e. The number of halogens is 3. The highest BCUT2D eigenvalue weighted by Gasteiger charge is 2.14. The maximum atomic E-state index is 11.8. The van der Waals surface area contributed by atoms with Gasteiger partial charge in [-0.3, -0.25) is 4.79 Å². The Morgan fingerprint density at radius 3 is 2.85 bits per heavy atom. The van der Waals surface area contributed by atoms with Crippen molar-refractivity contribution in [2.45, 2.75) is 13.5 Å². The van der Waals surface area contributed by atoms with Gasteiger partial charge in [-0.1, -0.05) is 40.9 Å². The Kier molecular flexibility index (Phi) is 5.66. The molecule has 0 aliphatic carbocycles. The van der Waals surface area contributed by atoms with Crippen LogP contribution in [0.25, 0.3) is 0 Å². The summed E-state index contributed by atoms with van der Waals surface area (Å²) >= 11 is 18.5. The zero-order valence-corrected chi connectivity index (χ0v) is 15.8. The second-order valence-electron chi connectivity index (χ2n) is 5.36. The summed E-state index contributed by atoms with van der Waals surface area (Å²) < 4.78 is 6.58. The highest BCUT2D eigenvalue weighted by molar-refractivity contribution is 6.35. The fraction of sp³-hybridized carbons (Fsp3) is 0.118. The lowest BCUT2D eigenvalue weighted by Crippen LogP contribution is -2.16. The first-order valence-electron chi connectivity index (χ1n) is 7.49. The Hall–Kier alpha value is -2.28. The quantitative estimate of drug-likeness (QED) is 0.494. The van der Waals surface area contributed by atoms with E-state index < -0.39 is 5.91 Å². The van der Waals surface area contributed by atoms with Crippen LogP contribution in [0.2, 0.25) is 15.2 Å². The van der Waals surface area contributed by atoms with Crippen molar-refractivity contribution in [1.29, 1.82) is 0 Å². The van der Waals surface area contributed by atoms with Crippen molar-refractivity contribution in [2.24, 2.45) is 5.10 Å². The largest absolute Gasteiger partial charge is 0.459 e. The highest BCUT2D eigenvalue weighted by atomic mass is 35.5. The maximum Gasteiger partial charge on any atom is 0.307 e. The minimum atomic E-state index is -0.458. The zero-order chi connectivity index (χ0) is 18.7. The highest BCUT2D eigenvalue weighted by Crippen LogP contribution is 2.24. The number of hydrogen-bond donors (Lipinski definition) is 1. The van der Waals surface area contributed by atoms with E-state index in [9.17, 15) is 4.79 Å². The molecule has 26 heavy (non-hydrogen) atoms. The fourth-order valence-electron chi connectivity index (χ4n) is 2.25. The molecule has 134 valence electrons. The first kappa shape index (κ1) is 18.5. The van der Waals surface area contributed by atoms with Crippen LogP contribution in [-0.2, 0) is 6.54 Å². The molecule has 0 spiro atoms. The molecule has 0 radical (unpaired) electrons. The van der Waals surface area contributed by atoms with Crippen molar-refractivity contribution in [3.8, 4) is 0 Å². The molecule has 0 aliphatic heterocycles. The monoisotopic (exact) mass is 410 g/mol. The van der Waals surface area contributed by atoms with Gasteiger partial charge < -0.3 is 4.42 Å². The van der Waals surface area contributed by atoms with E-state index in [1.165, 1.54) is 18.5 Å². The van der Waals surface area contributed by atoms with Crippen molar-refractivity contribution in [3.05, 3.63) is 74.4 Å². The third kappa shape index (κ3) is 4.09. The lowest BCUT2D eigenvalue weighted by molar-refractivity contribution is 0.0927. The van der Waals surface area contributed by atoms with E-state index in [4.69, 9.17) is 39.2 Å². The number of nitrogens with one attached hydrogen (secondary N) is 1. The smallest absolute Gasteiger partial charge is 0.307 e. The van der Waals surface area contributed by atoms with Crippen molar-refractivity contribution < 1.29 is 9.21 Å². The number of aryl methyl sites for hydroxylation is 1. The first-order valence-corrected chi connectivity index (χ1v) is 8.63. The Labute approximate surface area is 164 Å². The van der Waals surface area contributed by atoms with Gasteiger partial charge in [-0.2, -0.15) is 10.2 Å². The van der Waals surface area contributed by atoms with Crippen LogP contribution in [-0.4, -0.2) is 21.9 Å². The number of carbonyl (C=O) groups excluding carboxylic acids is 1. The fourth-order valence-corrected chi connectivity index (χ4v) is 3.00. The molecular formula is C17H13Cl3N4O2. The van der Waals surface area contributed by atoms with E-state index in [-0.39, 0.29) is 5.76 Å². The third-order valence-corrected chi connectivity index (χ3v) is 4.53. The first-order chi connectivity index (χ1) is 12.5. The Balaban J connectivity index is 1.75. The van der Waals surface area contributed by atoms with Crippen LogP contribution in [0.1, 0.15) is 27.4 Å². The minimum absolute atomic E-state index is 0.165. The molecule has 2 aromatic heterocycles. The lowest BCUT2D eigenvalue weighted by Gasteiger charge is -2.06.